The maximum Gasteiger partial charge on any atom is 0.422 e. The Kier molecular flexibility index (Phi) is 5.34. The third-order valence-electron chi connectivity index (χ3n) is 5.65. The molecule has 0 aliphatic rings. The van der Waals surface area contributed by atoms with Gasteiger partial charge in [0.15, 0.2) is 11.2 Å². The van der Waals surface area contributed by atoms with Crippen LogP contribution in [0.1, 0.15) is 24.0 Å². The highest BCUT2D eigenvalue weighted by atomic mass is 35.5. The molecule has 2 aromatic heterocycles. The predicted molar refractivity (Wildman–Crippen MR) is 112 cm³/mol. The molecule has 4 rings (SSSR count). The summed E-state index contributed by atoms with van der Waals surface area (Å²) in [4.78, 5) is 19.6. The minimum Gasteiger partial charge on any atom is -0.408 e. The Balaban J connectivity index is 1.83. The van der Waals surface area contributed by atoms with Crippen LogP contribution in [0.5, 0.6) is 0 Å². The van der Waals surface area contributed by atoms with Gasteiger partial charge >= 0.3 is 11.9 Å². The molecule has 2 aromatic carbocycles. The maximum absolute atomic E-state index is 14.3. The van der Waals surface area contributed by atoms with Crippen molar-refractivity contribution >= 4 is 22.7 Å². The Hall–Kier alpha value is -3.17. The lowest BCUT2D eigenvalue weighted by Crippen LogP contribution is -2.46. The van der Waals surface area contributed by atoms with Gasteiger partial charge in [-0.2, -0.15) is 13.2 Å². The van der Waals surface area contributed by atoms with Gasteiger partial charge in [-0.3, -0.25) is 4.57 Å². The van der Waals surface area contributed by atoms with E-state index in [4.69, 9.17) is 16.0 Å². The number of aromatic nitrogens is 3. The summed E-state index contributed by atoms with van der Waals surface area (Å²) in [5.41, 5.74) is -2.09. The van der Waals surface area contributed by atoms with Gasteiger partial charge in [0.25, 0.3) is 0 Å². The molecule has 4 aromatic rings. The van der Waals surface area contributed by atoms with Gasteiger partial charge in [-0.25, -0.2) is 14.8 Å². The van der Waals surface area contributed by atoms with Crippen LogP contribution in [-0.4, -0.2) is 25.8 Å². The van der Waals surface area contributed by atoms with Crippen LogP contribution >= 0.6 is 11.6 Å². The first-order chi connectivity index (χ1) is 15.0. The van der Waals surface area contributed by atoms with Crippen molar-refractivity contribution in [2.75, 3.05) is 0 Å². The van der Waals surface area contributed by atoms with Crippen molar-refractivity contribution in [3.05, 3.63) is 81.8 Å². The SMILES string of the molecule is CC(c1ccc(-c2cncnc2)cc1Cl)C(O)(c1ccc2oc(=O)n(C)c2c1)C(F)(F)F. The molecule has 2 atom stereocenters. The van der Waals surface area contributed by atoms with Crippen molar-refractivity contribution in [2.45, 2.75) is 24.6 Å². The average molecular weight is 464 g/mol. The Morgan fingerprint density at radius 2 is 1.78 bits per heavy atom. The highest BCUT2D eigenvalue weighted by Crippen LogP contribution is 2.50. The fourth-order valence-electron chi connectivity index (χ4n) is 3.75. The molecule has 0 bridgehead atoms. The zero-order chi connectivity index (χ0) is 23.3. The highest BCUT2D eigenvalue weighted by Gasteiger charge is 2.59. The molecule has 1 N–H and O–H groups in total. The summed E-state index contributed by atoms with van der Waals surface area (Å²) in [7, 11) is 1.37. The highest BCUT2D eigenvalue weighted by molar-refractivity contribution is 6.31. The number of hydrogen-bond acceptors (Lipinski definition) is 5. The van der Waals surface area contributed by atoms with E-state index in [0.717, 1.165) is 16.7 Å². The summed E-state index contributed by atoms with van der Waals surface area (Å²) in [6.07, 6.45) is -0.577. The Morgan fingerprint density at radius 3 is 2.41 bits per heavy atom. The molecule has 2 unspecified atom stereocenters. The summed E-state index contributed by atoms with van der Waals surface area (Å²) in [6, 6.07) is 7.97. The summed E-state index contributed by atoms with van der Waals surface area (Å²) in [5, 5.41) is 11.1. The molecule has 166 valence electrons. The molecular weight excluding hydrogens is 447 g/mol. The van der Waals surface area contributed by atoms with Crippen LogP contribution in [0.2, 0.25) is 5.02 Å². The summed E-state index contributed by atoms with van der Waals surface area (Å²) >= 11 is 6.36. The van der Waals surface area contributed by atoms with Crippen LogP contribution in [0.4, 0.5) is 13.2 Å². The van der Waals surface area contributed by atoms with E-state index in [-0.39, 0.29) is 21.7 Å². The molecule has 32 heavy (non-hydrogen) atoms. The number of aliphatic hydroxyl groups is 1. The number of halogens is 4. The molecule has 0 spiro atoms. The number of nitrogens with zero attached hydrogens (tertiary/aromatic N) is 3. The second kappa shape index (κ2) is 7.75. The summed E-state index contributed by atoms with van der Waals surface area (Å²) in [5.74, 6) is -2.19. The number of fused-ring (bicyclic) bond motifs is 1. The second-order valence-corrected chi connectivity index (χ2v) is 7.87. The zero-order valence-electron chi connectivity index (χ0n) is 16.9. The molecule has 0 aliphatic carbocycles. The third kappa shape index (κ3) is 3.47. The molecule has 0 aliphatic heterocycles. The van der Waals surface area contributed by atoms with E-state index in [1.54, 1.807) is 18.5 Å². The quantitative estimate of drug-likeness (QED) is 0.470. The lowest BCUT2D eigenvalue weighted by molar-refractivity contribution is -0.274. The Morgan fingerprint density at radius 1 is 1.09 bits per heavy atom. The minimum atomic E-state index is -5.04. The average Bonchev–Trinajstić information content (AvgIpc) is 3.05. The first-order valence-corrected chi connectivity index (χ1v) is 9.86. The normalized spacial score (nSPS) is 15.0. The van der Waals surface area contributed by atoms with Gasteiger partial charge in [-0.1, -0.05) is 36.7 Å². The molecule has 10 heteroatoms. The van der Waals surface area contributed by atoms with Gasteiger partial charge < -0.3 is 9.52 Å². The van der Waals surface area contributed by atoms with E-state index in [0.29, 0.717) is 11.1 Å². The van der Waals surface area contributed by atoms with Gasteiger partial charge in [0, 0.05) is 35.9 Å². The predicted octanol–water partition coefficient (Wildman–Crippen LogP) is 4.80. The molecule has 0 saturated carbocycles. The molecule has 2 heterocycles. The number of hydrogen-bond donors (Lipinski definition) is 1. The molecule has 0 fully saturated rings. The van der Waals surface area contributed by atoms with Crippen LogP contribution in [-0.2, 0) is 12.6 Å². The summed E-state index contributed by atoms with van der Waals surface area (Å²) < 4.78 is 49.0. The lowest BCUT2D eigenvalue weighted by atomic mass is 9.77. The second-order valence-electron chi connectivity index (χ2n) is 7.46. The van der Waals surface area contributed by atoms with E-state index >= 15 is 0 Å². The van der Waals surface area contributed by atoms with Gasteiger partial charge in [0.2, 0.25) is 0 Å². The van der Waals surface area contributed by atoms with E-state index < -0.39 is 29.0 Å². The lowest BCUT2D eigenvalue weighted by Gasteiger charge is -2.37. The Labute approximate surface area is 184 Å². The van der Waals surface area contributed by atoms with E-state index in [9.17, 15) is 23.1 Å². The molecule has 6 nitrogen and oxygen atoms in total. The van der Waals surface area contributed by atoms with Crippen LogP contribution in [0.15, 0.2) is 64.3 Å². The summed E-state index contributed by atoms with van der Waals surface area (Å²) in [6.45, 7) is 1.25. The standard InChI is InChI=1S/C22H17ClF3N3O3/c1-12(16-5-3-13(7-17(16)23)14-9-27-11-28-10-14)21(31,22(24,25)26)15-4-6-19-18(8-15)29(2)20(30)32-19/h3-12,31H,1-2H3. The van der Waals surface area contributed by atoms with Crippen molar-refractivity contribution in [2.24, 2.45) is 7.05 Å². The van der Waals surface area contributed by atoms with E-state index in [2.05, 4.69) is 9.97 Å². The van der Waals surface area contributed by atoms with Gasteiger partial charge in [-0.15, -0.1) is 0 Å². The molecule has 0 radical (unpaired) electrons. The van der Waals surface area contributed by atoms with Gasteiger partial charge in [0.1, 0.15) is 6.33 Å². The molecular formula is C22H17ClF3N3O3. The largest absolute Gasteiger partial charge is 0.422 e. The third-order valence-corrected chi connectivity index (χ3v) is 5.98. The number of oxazole rings is 1. The monoisotopic (exact) mass is 463 g/mol. The minimum absolute atomic E-state index is 0.0540. The zero-order valence-corrected chi connectivity index (χ0v) is 17.6. The van der Waals surface area contributed by atoms with Gasteiger partial charge in [-0.05, 0) is 34.9 Å². The number of alkyl halides is 3. The fourth-order valence-corrected chi connectivity index (χ4v) is 4.10. The van der Waals surface area contributed by atoms with Crippen molar-refractivity contribution in [1.29, 1.82) is 0 Å². The van der Waals surface area contributed by atoms with Crippen molar-refractivity contribution in [3.63, 3.8) is 0 Å². The number of rotatable bonds is 4. The number of aryl methyl sites for hydroxylation is 1. The van der Waals surface area contributed by atoms with Crippen LogP contribution in [0, 0.1) is 0 Å². The van der Waals surface area contributed by atoms with Crippen molar-refractivity contribution in [1.82, 2.24) is 14.5 Å². The first kappa shape index (κ1) is 22.0. The fraction of sp³-hybridized carbons (Fsp3) is 0.227. The molecule has 0 amide bonds. The van der Waals surface area contributed by atoms with Gasteiger partial charge in [0.05, 0.1) is 5.52 Å². The van der Waals surface area contributed by atoms with Crippen molar-refractivity contribution in [3.8, 4) is 11.1 Å². The molecule has 0 saturated heterocycles. The van der Waals surface area contributed by atoms with Crippen molar-refractivity contribution < 1.29 is 22.7 Å². The van der Waals surface area contributed by atoms with E-state index in [1.807, 2.05) is 0 Å². The van der Waals surface area contributed by atoms with Crippen LogP contribution < -0.4 is 5.76 Å². The maximum atomic E-state index is 14.3. The van der Waals surface area contributed by atoms with Crippen LogP contribution in [0.25, 0.3) is 22.2 Å². The van der Waals surface area contributed by atoms with Crippen LogP contribution in [0.3, 0.4) is 0 Å². The Bertz CT molecular complexity index is 1350. The number of benzene rings is 2. The topological polar surface area (TPSA) is 81.2 Å². The first-order valence-electron chi connectivity index (χ1n) is 9.48. The van der Waals surface area contributed by atoms with E-state index in [1.165, 1.54) is 38.5 Å². The smallest absolute Gasteiger partial charge is 0.408 e.